The Hall–Kier alpha value is -1.97. The van der Waals surface area contributed by atoms with Gasteiger partial charge < -0.3 is 15.6 Å². The molecule has 2 N–H and O–H groups in total. The van der Waals surface area contributed by atoms with Crippen LogP contribution in [0.5, 0.6) is 0 Å². The van der Waals surface area contributed by atoms with E-state index in [4.69, 9.17) is 4.74 Å². The van der Waals surface area contributed by atoms with Gasteiger partial charge >= 0.3 is 0 Å². The summed E-state index contributed by atoms with van der Waals surface area (Å²) in [4.78, 5) is 0. The van der Waals surface area contributed by atoms with Crippen LogP contribution in [0, 0.1) is 5.82 Å². The van der Waals surface area contributed by atoms with Gasteiger partial charge in [-0.25, -0.2) is 4.39 Å². The van der Waals surface area contributed by atoms with Crippen molar-refractivity contribution >= 4 is 5.69 Å². The van der Waals surface area contributed by atoms with Crippen molar-refractivity contribution in [3.63, 3.8) is 0 Å². The highest BCUT2D eigenvalue weighted by molar-refractivity contribution is 5.42. The Morgan fingerprint density at radius 2 is 2.06 bits per heavy atom. The molecule has 0 amide bonds. The second-order valence-electron chi connectivity index (χ2n) is 3.52. The van der Waals surface area contributed by atoms with E-state index in [1.54, 1.807) is 18.4 Å². The first kappa shape index (κ1) is 10.5. The number of hydrogen-bond acceptors (Lipinski definition) is 3. The Labute approximate surface area is 93.6 Å². The highest BCUT2D eigenvalue weighted by Gasteiger charge is 2.04. The van der Waals surface area contributed by atoms with Crippen molar-refractivity contribution in [3.05, 3.63) is 53.7 Å². The predicted molar refractivity (Wildman–Crippen MR) is 61.0 cm³/mol. The van der Waals surface area contributed by atoms with E-state index in [1.165, 1.54) is 12.1 Å². The molecule has 0 unspecified atom stereocenters. The van der Waals surface area contributed by atoms with Gasteiger partial charge in [-0.15, -0.1) is 0 Å². The summed E-state index contributed by atoms with van der Waals surface area (Å²) < 4.78 is 17.7. The van der Waals surface area contributed by atoms with Crippen LogP contribution in [-0.4, -0.2) is 6.61 Å². The van der Waals surface area contributed by atoms with Gasteiger partial charge in [0, 0.05) is 11.3 Å². The molecule has 84 valence electrons. The van der Waals surface area contributed by atoms with Gasteiger partial charge in [0.2, 0.25) is 0 Å². The van der Waals surface area contributed by atoms with Crippen LogP contribution in [0.15, 0.2) is 47.9 Å². The first-order valence-electron chi connectivity index (χ1n) is 5.01. The third-order valence-corrected chi connectivity index (χ3v) is 2.32. The normalized spacial score (nSPS) is 16.9. The molecule has 1 aliphatic rings. The number of hydrazine groups is 1. The van der Waals surface area contributed by atoms with E-state index in [1.807, 2.05) is 13.0 Å². The second-order valence-corrected chi connectivity index (χ2v) is 3.52. The summed E-state index contributed by atoms with van der Waals surface area (Å²) in [6.07, 6.45) is 3.58. The van der Waals surface area contributed by atoms with Crippen molar-refractivity contribution in [1.29, 1.82) is 0 Å². The first-order chi connectivity index (χ1) is 7.75. The topological polar surface area (TPSA) is 33.3 Å². The molecule has 2 rings (SSSR count). The summed E-state index contributed by atoms with van der Waals surface area (Å²) in [5.74, 6) is -0.243. The summed E-state index contributed by atoms with van der Waals surface area (Å²) in [6, 6.07) is 6.15. The zero-order chi connectivity index (χ0) is 11.4. The van der Waals surface area contributed by atoms with E-state index in [2.05, 4.69) is 10.9 Å². The lowest BCUT2D eigenvalue weighted by atomic mass is 10.2. The molecule has 1 aliphatic heterocycles. The van der Waals surface area contributed by atoms with Crippen LogP contribution in [0.3, 0.4) is 0 Å². The predicted octanol–water partition coefficient (Wildman–Crippen LogP) is 2.56. The van der Waals surface area contributed by atoms with Crippen LogP contribution >= 0.6 is 0 Å². The molecule has 4 heteroatoms. The molecule has 0 aromatic heterocycles. The summed E-state index contributed by atoms with van der Waals surface area (Å²) in [7, 11) is 0. The standard InChI is InChI=1S/C12H13FN2O/c1-9(10-6-7-16-8-10)14-15-12-4-2-11(13)3-5-12/h2-7,14-15H,8H2,1H3. The van der Waals surface area contributed by atoms with E-state index >= 15 is 0 Å². The molecule has 0 radical (unpaired) electrons. The summed E-state index contributed by atoms with van der Waals surface area (Å²) in [6.45, 7) is 2.54. The highest BCUT2D eigenvalue weighted by atomic mass is 19.1. The summed E-state index contributed by atoms with van der Waals surface area (Å²) in [5.41, 5.74) is 8.91. The van der Waals surface area contributed by atoms with Gasteiger partial charge in [0.15, 0.2) is 0 Å². The van der Waals surface area contributed by atoms with Crippen molar-refractivity contribution in [2.75, 3.05) is 12.0 Å². The zero-order valence-electron chi connectivity index (χ0n) is 8.96. The van der Waals surface area contributed by atoms with Gasteiger partial charge in [0.1, 0.15) is 12.4 Å². The average Bonchev–Trinajstić information content (AvgIpc) is 2.81. The number of nitrogens with one attached hydrogen (secondary N) is 2. The maximum atomic E-state index is 12.6. The quantitative estimate of drug-likeness (QED) is 0.768. The smallest absolute Gasteiger partial charge is 0.123 e. The molecule has 3 nitrogen and oxygen atoms in total. The molecule has 16 heavy (non-hydrogen) atoms. The molecule has 1 aromatic carbocycles. The fourth-order valence-corrected chi connectivity index (χ4v) is 1.33. The number of allylic oxidation sites excluding steroid dienone is 1. The SMILES string of the molecule is CC(NNc1ccc(F)cc1)=C1C=COC1. The van der Waals surface area contributed by atoms with Crippen LogP contribution < -0.4 is 10.9 Å². The van der Waals surface area contributed by atoms with Crippen LogP contribution in [0.25, 0.3) is 0 Å². The third kappa shape index (κ3) is 2.53. The molecule has 1 heterocycles. The molecular weight excluding hydrogens is 207 g/mol. The lowest BCUT2D eigenvalue weighted by Crippen LogP contribution is -2.20. The van der Waals surface area contributed by atoms with Crippen molar-refractivity contribution < 1.29 is 9.13 Å². The molecule has 0 bridgehead atoms. The van der Waals surface area contributed by atoms with Crippen molar-refractivity contribution in [1.82, 2.24) is 5.43 Å². The minimum absolute atomic E-state index is 0.243. The van der Waals surface area contributed by atoms with Gasteiger partial charge in [-0.2, -0.15) is 0 Å². The van der Waals surface area contributed by atoms with Gasteiger partial charge in [-0.1, -0.05) is 0 Å². The zero-order valence-corrected chi connectivity index (χ0v) is 8.96. The maximum Gasteiger partial charge on any atom is 0.123 e. The first-order valence-corrected chi connectivity index (χ1v) is 5.01. The molecule has 1 aromatic rings. The van der Waals surface area contributed by atoms with E-state index in [0.717, 1.165) is 17.0 Å². The fraction of sp³-hybridized carbons (Fsp3) is 0.167. The Morgan fingerprint density at radius 3 is 2.69 bits per heavy atom. The molecule has 0 spiro atoms. The second kappa shape index (κ2) is 4.70. The molecular formula is C12H13FN2O. The third-order valence-electron chi connectivity index (χ3n) is 2.32. The molecule has 0 saturated heterocycles. The van der Waals surface area contributed by atoms with Crippen molar-refractivity contribution in [2.24, 2.45) is 0 Å². The van der Waals surface area contributed by atoms with Crippen LogP contribution in [0.4, 0.5) is 10.1 Å². The largest absolute Gasteiger partial charge is 0.496 e. The maximum absolute atomic E-state index is 12.6. The minimum Gasteiger partial charge on any atom is -0.496 e. The minimum atomic E-state index is -0.243. The van der Waals surface area contributed by atoms with Gasteiger partial charge in [0.05, 0.1) is 11.9 Å². The van der Waals surface area contributed by atoms with Crippen molar-refractivity contribution in [3.8, 4) is 0 Å². The fourth-order valence-electron chi connectivity index (χ4n) is 1.33. The summed E-state index contributed by atoms with van der Waals surface area (Å²) >= 11 is 0. The van der Waals surface area contributed by atoms with Gasteiger partial charge in [-0.3, -0.25) is 0 Å². The van der Waals surface area contributed by atoms with E-state index in [0.29, 0.717) is 6.61 Å². The van der Waals surface area contributed by atoms with E-state index in [9.17, 15) is 4.39 Å². The monoisotopic (exact) mass is 220 g/mol. The molecule has 0 aliphatic carbocycles. The van der Waals surface area contributed by atoms with Crippen LogP contribution in [0.2, 0.25) is 0 Å². The number of rotatable bonds is 3. The van der Waals surface area contributed by atoms with Gasteiger partial charge in [0.25, 0.3) is 0 Å². The number of benzene rings is 1. The Kier molecular flexibility index (Phi) is 3.10. The number of ether oxygens (including phenoxy) is 1. The molecule has 0 saturated carbocycles. The molecule has 0 fully saturated rings. The number of halogens is 1. The summed E-state index contributed by atoms with van der Waals surface area (Å²) in [5, 5.41) is 0. The number of anilines is 1. The van der Waals surface area contributed by atoms with E-state index < -0.39 is 0 Å². The Bertz CT molecular complexity index is 423. The Balaban J connectivity index is 1.94. The van der Waals surface area contributed by atoms with Gasteiger partial charge in [-0.05, 0) is 37.3 Å². The van der Waals surface area contributed by atoms with Crippen molar-refractivity contribution in [2.45, 2.75) is 6.92 Å². The van der Waals surface area contributed by atoms with Crippen LogP contribution in [-0.2, 0) is 4.74 Å². The highest BCUT2D eigenvalue weighted by Crippen LogP contribution is 2.11. The molecule has 0 atom stereocenters. The lowest BCUT2D eigenvalue weighted by Gasteiger charge is -2.11. The average molecular weight is 220 g/mol. The lowest BCUT2D eigenvalue weighted by molar-refractivity contribution is 0.300. The van der Waals surface area contributed by atoms with E-state index in [-0.39, 0.29) is 5.82 Å². The number of hydrogen-bond donors (Lipinski definition) is 2. The van der Waals surface area contributed by atoms with Crippen LogP contribution in [0.1, 0.15) is 6.92 Å². The Morgan fingerprint density at radius 1 is 1.31 bits per heavy atom.